The number of benzene rings is 2. The van der Waals surface area contributed by atoms with E-state index in [0.717, 1.165) is 58.9 Å². The summed E-state index contributed by atoms with van der Waals surface area (Å²) in [5.41, 5.74) is 5.43. The molecule has 0 fully saturated rings. The number of ether oxygens (including phenoxy) is 1. The molecule has 6 rings (SSSR count). The minimum atomic E-state index is 0.652. The highest BCUT2D eigenvalue weighted by molar-refractivity contribution is 5.97. The molecular weight excluding hydrogens is 400 g/mol. The standard InChI is InChI=1S/C25H24N6O/c1-32-15-14-30-12-13-31(22-7-3-6-21-19(22)9-11-27-21)23-16-28-24(29-25(23)30)18-4-2-5-20-17(18)8-10-26-20/h2-11,16,26-27H,12-15H2,1H3. The predicted octanol–water partition coefficient (Wildman–Crippen LogP) is 4.71. The summed E-state index contributed by atoms with van der Waals surface area (Å²) in [5.74, 6) is 1.68. The molecule has 0 amide bonds. The molecule has 0 saturated heterocycles. The fourth-order valence-corrected chi connectivity index (χ4v) is 4.62. The van der Waals surface area contributed by atoms with Crippen molar-refractivity contribution in [2.75, 3.05) is 43.2 Å². The van der Waals surface area contributed by atoms with Crippen molar-refractivity contribution in [2.45, 2.75) is 0 Å². The summed E-state index contributed by atoms with van der Waals surface area (Å²) >= 11 is 0. The van der Waals surface area contributed by atoms with Crippen LogP contribution in [0.4, 0.5) is 17.2 Å². The number of hydrogen-bond donors (Lipinski definition) is 2. The van der Waals surface area contributed by atoms with Gasteiger partial charge in [0.15, 0.2) is 11.6 Å². The predicted molar refractivity (Wildman–Crippen MR) is 129 cm³/mol. The molecule has 2 N–H and O–H groups in total. The molecule has 32 heavy (non-hydrogen) atoms. The van der Waals surface area contributed by atoms with Crippen molar-refractivity contribution in [3.63, 3.8) is 0 Å². The molecule has 7 heteroatoms. The second kappa shape index (κ2) is 7.69. The fourth-order valence-electron chi connectivity index (χ4n) is 4.62. The Balaban J connectivity index is 1.49. The topological polar surface area (TPSA) is 73.1 Å². The molecule has 1 aliphatic rings. The Kier molecular flexibility index (Phi) is 4.54. The Morgan fingerprint density at radius 1 is 0.906 bits per heavy atom. The molecule has 0 radical (unpaired) electrons. The average Bonchev–Trinajstić information content (AvgIpc) is 3.51. The molecule has 0 atom stereocenters. The van der Waals surface area contributed by atoms with E-state index in [1.54, 1.807) is 7.11 Å². The minimum absolute atomic E-state index is 0.652. The number of nitrogens with one attached hydrogen (secondary N) is 2. The lowest BCUT2D eigenvalue weighted by Gasteiger charge is -2.38. The van der Waals surface area contributed by atoms with Crippen LogP contribution in [0, 0.1) is 0 Å². The third-order valence-electron chi connectivity index (χ3n) is 6.20. The Hall–Kier alpha value is -3.84. The van der Waals surface area contributed by atoms with Gasteiger partial charge in [-0.1, -0.05) is 18.2 Å². The van der Waals surface area contributed by atoms with Crippen LogP contribution < -0.4 is 9.80 Å². The van der Waals surface area contributed by atoms with Crippen LogP contribution in [0.1, 0.15) is 0 Å². The van der Waals surface area contributed by atoms with Crippen molar-refractivity contribution in [1.29, 1.82) is 0 Å². The van der Waals surface area contributed by atoms with E-state index in [9.17, 15) is 0 Å². The van der Waals surface area contributed by atoms with E-state index in [1.807, 2.05) is 24.7 Å². The molecule has 160 valence electrons. The summed E-state index contributed by atoms with van der Waals surface area (Å²) < 4.78 is 5.37. The lowest BCUT2D eigenvalue weighted by atomic mass is 10.1. The highest BCUT2D eigenvalue weighted by Gasteiger charge is 2.27. The molecule has 0 saturated carbocycles. The van der Waals surface area contributed by atoms with Gasteiger partial charge in [-0.05, 0) is 30.3 Å². The first-order valence-corrected chi connectivity index (χ1v) is 10.8. The zero-order valence-electron chi connectivity index (χ0n) is 17.9. The number of anilines is 3. The molecule has 7 nitrogen and oxygen atoms in total. The molecule has 0 spiro atoms. The zero-order valence-corrected chi connectivity index (χ0v) is 17.9. The van der Waals surface area contributed by atoms with Gasteiger partial charge < -0.3 is 24.5 Å². The number of aromatic nitrogens is 4. The van der Waals surface area contributed by atoms with Gasteiger partial charge in [0.25, 0.3) is 0 Å². The number of nitrogens with zero attached hydrogens (tertiary/aromatic N) is 4. The van der Waals surface area contributed by atoms with Crippen LogP contribution in [0.5, 0.6) is 0 Å². The summed E-state index contributed by atoms with van der Waals surface area (Å²) in [7, 11) is 1.74. The Morgan fingerprint density at radius 3 is 2.53 bits per heavy atom. The molecule has 5 aromatic rings. The minimum Gasteiger partial charge on any atom is -0.383 e. The van der Waals surface area contributed by atoms with E-state index < -0.39 is 0 Å². The zero-order chi connectivity index (χ0) is 21.5. The van der Waals surface area contributed by atoms with E-state index in [2.05, 4.69) is 62.2 Å². The summed E-state index contributed by atoms with van der Waals surface area (Å²) in [6, 6.07) is 16.8. The number of hydrogen-bond acceptors (Lipinski definition) is 5. The average molecular weight is 425 g/mol. The number of methoxy groups -OCH3 is 1. The highest BCUT2D eigenvalue weighted by atomic mass is 16.5. The maximum atomic E-state index is 5.37. The van der Waals surface area contributed by atoms with Crippen molar-refractivity contribution in [2.24, 2.45) is 0 Å². The van der Waals surface area contributed by atoms with Crippen LogP contribution in [0.2, 0.25) is 0 Å². The molecule has 0 bridgehead atoms. The van der Waals surface area contributed by atoms with E-state index in [0.29, 0.717) is 6.61 Å². The molecule has 2 aromatic carbocycles. The Morgan fingerprint density at radius 2 is 1.69 bits per heavy atom. The first-order chi connectivity index (χ1) is 15.8. The van der Waals surface area contributed by atoms with Crippen molar-refractivity contribution >= 4 is 39.0 Å². The van der Waals surface area contributed by atoms with E-state index in [1.165, 1.54) is 11.1 Å². The van der Waals surface area contributed by atoms with Gasteiger partial charge >= 0.3 is 0 Å². The van der Waals surface area contributed by atoms with E-state index in [-0.39, 0.29) is 0 Å². The van der Waals surface area contributed by atoms with Gasteiger partial charge in [0, 0.05) is 66.5 Å². The van der Waals surface area contributed by atoms with Gasteiger partial charge in [-0.2, -0.15) is 0 Å². The highest BCUT2D eigenvalue weighted by Crippen LogP contribution is 2.40. The normalized spacial score (nSPS) is 13.8. The Labute approximate surface area is 185 Å². The van der Waals surface area contributed by atoms with Crippen LogP contribution >= 0.6 is 0 Å². The summed E-state index contributed by atoms with van der Waals surface area (Å²) in [5, 5.41) is 2.32. The van der Waals surface area contributed by atoms with Gasteiger partial charge in [-0.15, -0.1) is 0 Å². The molecule has 3 aromatic heterocycles. The fraction of sp³-hybridized carbons (Fsp3) is 0.200. The van der Waals surface area contributed by atoms with Gasteiger partial charge in [0.1, 0.15) is 5.69 Å². The third-order valence-corrected chi connectivity index (χ3v) is 6.20. The maximum absolute atomic E-state index is 5.37. The lowest BCUT2D eigenvalue weighted by molar-refractivity contribution is 0.205. The lowest BCUT2D eigenvalue weighted by Crippen LogP contribution is -2.41. The Bertz CT molecular complexity index is 1400. The first kappa shape index (κ1) is 18.9. The van der Waals surface area contributed by atoms with Crippen LogP contribution in [-0.4, -0.2) is 53.3 Å². The van der Waals surface area contributed by atoms with E-state index >= 15 is 0 Å². The van der Waals surface area contributed by atoms with E-state index in [4.69, 9.17) is 14.7 Å². The first-order valence-electron chi connectivity index (χ1n) is 10.8. The largest absolute Gasteiger partial charge is 0.383 e. The number of H-pyrrole nitrogens is 2. The second-order valence-electron chi connectivity index (χ2n) is 7.99. The smallest absolute Gasteiger partial charge is 0.162 e. The summed E-state index contributed by atoms with van der Waals surface area (Å²) in [6.07, 6.45) is 5.91. The monoisotopic (exact) mass is 424 g/mol. The molecule has 0 aliphatic carbocycles. The molecular formula is C25H24N6O. The second-order valence-corrected chi connectivity index (χ2v) is 7.99. The summed E-state index contributed by atoms with van der Waals surface area (Å²) in [6.45, 7) is 3.16. The number of aromatic amines is 2. The maximum Gasteiger partial charge on any atom is 0.162 e. The van der Waals surface area contributed by atoms with Crippen LogP contribution in [0.15, 0.2) is 67.1 Å². The van der Waals surface area contributed by atoms with Gasteiger partial charge in [-0.25, -0.2) is 9.97 Å². The van der Waals surface area contributed by atoms with Crippen LogP contribution in [0.3, 0.4) is 0 Å². The molecule has 0 unspecified atom stereocenters. The number of rotatable bonds is 5. The summed E-state index contributed by atoms with van der Waals surface area (Å²) in [4.78, 5) is 21.1. The van der Waals surface area contributed by atoms with Gasteiger partial charge in [0.05, 0.1) is 18.5 Å². The van der Waals surface area contributed by atoms with Crippen LogP contribution in [-0.2, 0) is 4.74 Å². The van der Waals surface area contributed by atoms with Crippen molar-refractivity contribution in [3.05, 3.63) is 67.1 Å². The van der Waals surface area contributed by atoms with Crippen molar-refractivity contribution in [3.8, 4) is 11.4 Å². The quantitative estimate of drug-likeness (QED) is 0.427. The van der Waals surface area contributed by atoms with Crippen molar-refractivity contribution < 1.29 is 4.74 Å². The number of fused-ring (bicyclic) bond motifs is 3. The van der Waals surface area contributed by atoms with Gasteiger partial charge in [0.2, 0.25) is 0 Å². The van der Waals surface area contributed by atoms with Crippen molar-refractivity contribution in [1.82, 2.24) is 19.9 Å². The third kappa shape index (κ3) is 3.01. The molecule has 1 aliphatic heterocycles. The molecule has 4 heterocycles. The SMILES string of the molecule is COCCN1CCN(c2cccc3[nH]ccc23)c2cnc(-c3cccc4[nH]ccc34)nc21. The van der Waals surface area contributed by atoms with Crippen LogP contribution in [0.25, 0.3) is 33.2 Å². The van der Waals surface area contributed by atoms with Gasteiger partial charge in [-0.3, -0.25) is 0 Å².